The van der Waals surface area contributed by atoms with Crippen molar-refractivity contribution < 1.29 is 52.2 Å². The molecule has 74 heavy (non-hydrogen) atoms. The first kappa shape index (κ1) is 70.7. The Balaban J connectivity index is 4.79. The first-order valence-electron chi connectivity index (χ1n) is 29.5. The number of hydrogen-bond acceptors (Lipinski definition) is 10. The number of ether oxygens (including phenoxy) is 3. The molecule has 0 bridgehead atoms. The van der Waals surface area contributed by atoms with Crippen LogP contribution in [-0.4, -0.2) is 66.5 Å². The molecule has 0 saturated heterocycles. The number of unbranched alkanes of at least 4 members (excludes halogenated alkanes) is 23. The van der Waals surface area contributed by atoms with Crippen LogP contribution in [0.15, 0.2) is 85.1 Å². The standard InChI is InChI=1S/C62H107O11P/c1-4-7-10-13-16-19-22-25-27-28-29-30-32-35-38-41-44-47-50-53-62(66)73-59(55-69-60(64)51-48-45-42-39-36-34-31-26-23-20-17-14-11-8-5-2)57-71-74(67,68)70-56-58(54-63)72-61(65)52-49-46-43-40-37-33-24-21-18-15-12-9-6-3/h9,12,16,18-19,21,25-27,29-31,33,37,58-59,63H,4-8,10-11,13-15,17,20,22-24,28,32,34-36,38-57H2,1-3H3,(H,67,68)/b12-9-,19-16-,21-18-,27-25-,30-29-,31-26-,37-33-. The predicted molar refractivity (Wildman–Crippen MR) is 307 cm³/mol. The topological polar surface area (TPSA) is 155 Å². The van der Waals surface area contributed by atoms with E-state index in [-0.39, 0.29) is 25.9 Å². The van der Waals surface area contributed by atoms with E-state index in [4.69, 9.17) is 23.3 Å². The van der Waals surface area contributed by atoms with E-state index in [0.29, 0.717) is 19.3 Å². The highest BCUT2D eigenvalue weighted by Gasteiger charge is 2.28. The third-order valence-electron chi connectivity index (χ3n) is 12.3. The molecule has 0 spiro atoms. The molecule has 0 radical (unpaired) electrons. The van der Waals surface area contributed by atoms with Crippen molar-refractivity contribution in [1.82, 2.24) is 0 Å². The van der Waals surface area contributed by atoms with Gasteiger partial charge in [0.1, 0.15) is 12.7 Å². The van der Waals surface area contributed by atoms with E-state index >= 15 is 0 Å². The smallest absolute Gasteiger partial charge is 0.462 e. The molecule has 0 aliphatic heterocycles. The summed E-state index contributed by atoms with van der Waals surface area (Å²) < 4.78 is 39.5. The zero-order valence-corrected chi connectivity index (χ0v) is 47.9. The van der Waals surface area contributed by atoms with E-state index in [1.807, 2.05) is 0 Å². The van der Waals surface area contributed by atoms with Crippen LogP contribution in [0.5, 0.6) is 0 Å². The molecule has 11 nitrogen and oxygen atoms in total. The Morgan fingerprint density at radius 1 is 0.392 bits per heavy atom. The molecule has 0 aliphatic carbocycles. The minimum Gasteiger partial charge on any atom is -0.462 e. The molecule has 0 fully saturated rings. The second-order valence-corrected chi connectivity index (χ2v) is 20.9. The number of rotatable bonds is 54. The average molecular weight is 1060 g/mol. The summed E-state index contributed by atoms with van der Waals surface area (Å²) in [6.07, 6.45) is 64.0. The highest BCUT2D eigenvalue weighted by molar-refractivity contribution is 7.47. The zero-order valence-electron chi connectivity index (χ0n) is 47.0. The summed E-state index contributed by atoms with van der Waals surface area (Å²) in [6.45, 7) is 4.45. The van der Waals surface area contributed by atoms with E-state index in [1.165, 1.54) is 64.2 Å². The van der Waals surface area contributed by atoms with Crippen molar-refractivity contribution in [2.75, 3.05) is 26.4 Å². The van der Waals surface area contributed by atoms with Crippen molar-refractivity contribution in [2.24, 2.45) is 0 Å². The number of aliphatic hydroxyl groups excluding tert-OH is 1. The highest BCUT2D eigenvalue weighted by atomic mass is 31.2. The van der Waals surface area contributed by atoms with Gasteiger partial charge in [-0.15, -0.1) is 0 Å². The summed E-state index contributed by atoms with van der Waals surface area (Å²) in [5.74, 6) is -1.52. The van der Waals surface area contributed by atoms with Crippen molar-refractivity contribution in [2.45, 2.75) is 264 Å². The molecule has 3 unspecified atom stereocenters. The Hall–Kier alpha value is -3.34. The molecule has 0 aromatic rings. The third kappa shape index (κ3) is 53.5. The average Bonchev–Trinajstić information content (AvgIpc) is 3.39. The minimum absolute atomic E-state index is 0.138. The number of hydrogen-bond donors (Lipinski definition) is 2. The van der Waals surface area contributed by atoms with Gasteiger partial charge in [-0.05, 0) is 116 Å². The Labute approximate surface area is 451 Å². The SMILES string of the molecule is CC/C=C\C/C=C\C/C=C\CCCCCC(=O)OC(CO)COP(=O)(O)OCC(COC(=O)CCCCCCC/C=C\CCCCCCCC)OC(=O)CCCCCCCC/C=C\C/C=C\C/C=C\CCCCC. The lowest BCUT2D eigenvalue weighted by molar-refractivity contribution is -0.161. The van der Waals surface area contributed by atoms with Crippen LogP contribution in [0, 0.1) is 0 Å². The molecule has 0 heterocycles. The van der Waals surface area contributed by atoms with Gasteiger partial charge in [0.25, 0.3) is 0 Å². The maximum absolute atomic E-state index is 12.9. The van der Waals surface area contributed by atoms with Crippen LogP contribution in [0.25, 0.3) is 0 Å². The molecular formula is C62H107O11P. The molecule has 0 aliphatic rings. The Morgan fingerprint density at radius 3 is 1.14 bits per heavy atom. The van der Waals surface area contributed by atoms with Crippen LogP contribution in [0.3, 0.4) is 0 Å². The third-order valence-corrected chi connectivity index (χ3v) is 13.2. The number of carbonyl (C=O) groups excluding carboxylic acids is 3. The minimum atomic E-state index is -4.76. The van der Waals surface area contributed by atoms with Gasteiger partial charge in [-0.3, -0.25) is 23.4 Å². The van der Waals surface area contributed by atoms with Gasteiger partial charge in [0, 0.05) is 19.3 Å². The van der Waals surface area contributed by atoms with Crippen LogP contribution in [0.1, 0.15) is 252 Å². The second kappa shape index (κ2) is 55.9. The van der Waals surface area contributed by atoms with Gasteiger partial charge in [-0.1, -0.05) is 202 Å². The van der Waals surface area contributed by atoms with E-state index in [1.54, 1.807) is 0 Å². The molecule has 0 saturated carbocycles. The van der Waals surface area contributed by atoms with Crippen LogP contribution >= 0.6 is 7.82 Å². The fourth-order valence-corrected chi connectivity index (χ4v) is 8.57. The first-order chi connectivity index (χ1) is 36.2. The lowest BCUT2D eigenvalue weighted by Crippen LogP contribution is -2.30. The Morgan fingerprint density at radius 2 is 0.703 bits per heavy atom. The number of aliphatic hydroxyl groups is 1. The number of esters is 3. The van der Waals surface area contributed by atoms with Crippen molar-refractivity contribution in [3.05, 3.63) is 85.1 Å². The van der Waals surface area contributed by atoms with Crippen LogP contribution in [-0.2, 0) is 42.2 Å². The summed E-state index contributed by atoms with van der Waals surface area (Å²) in [6, 6.07) is 0. The molecule has 426 valence electrons. The number of allylic oxidation sites excluding steroid dienone is 14. The van der Waals surface area contributed by atoms with Gasteiger partial charge in [-0.25, -0.2) is 4.57 Å². The molecule has 0 amide bonds. The molecule has 2 N–H and O–H groups in total. The summed E-state index contributed by atoms with van der Waals surface area (Å²) in [5.41, 5.74) is 0. The number of carbonyl (C=O) groups is 3. The quantitative estimate of drug-likeness (QED) is 0.0197. The van der Waals surface area contributed by atoms with Gasteiger partial charge in [0.2, 0.25) is 0 Å². The summed E-state index contributed by atoms with van der Waals surface area (Å²) in [7, 11) is -4.76. The summed E-state index contributed by atoms with van der Waals surface area (Å²) in [4.78, 5) is 48.6. The first-order valence-corrected chi connectivity index (χ1v) is 31.0. The van der Waals surface area contributed by atoms with Gasteiger partial charge in [-0.2, -0.15) is 0 Å². The van der Waals surface area contributed by atoms with Gasteiger partial charge in [0.15, 0.2) is 6.10 Å². The van der Waals surface area contributed by atoms with E-state index in [0.717, 1.165) is 128 Å². The highest BCUT2D eigenvalue weighted by Crippen LogP contribution is 2.43. The van der Waals surface area contributed by atoms with Crippen LogP contribution in [0.4, 0.5) is 0 Å². The zero-order chi connectivity index (χ0) is 54.1. The Bertz CT molecular complexity index is 1560. The maximum atomic E-state index is 12.9. The normalized spacial score (nSPS) is 14.0. The molecule has 0 aromatic carbocycles. The van der Waals surface area contributed by atoms with E-state index in [2.05, 4.69) is 106 Å². The molecule has 0 aromatic heterocycles. The monoisotopic (exact) mass is 1060 g/mol. The summed E-state index contributed by atoms with van der Waals surface area (Å²) in [5, 5.41) is 9.80. The van der Waals surface area contributed by atoms with Crippen molar-refractivity contribution >= 4 is 25.7 Å². The molecule has 0 rings (SSSR count). The number of phosphoric ester groups is 1. The van der Waals surface area contributed by atoms with Crippen molar-refractivity contribution in [3.63, 3.8) is 0 Å². The Kier molecular flexibility index (Phi) is 53.4. The molecule has 3 atom stereocenters. The lowest BCUT2D eigenvalue weighted by atomic mass is 10.1. The fourth-order valence-electron chi connectivity index (χ4n) is 7.78. The van der Waals surface area contributed by atoms with Crippen LogP contribution in [0.2, 0.25) is 0 Å². The second-order valence-electron chi connectivity index (χ2n) is 19.4. The van der Waals surface area contributed by atoms with E-state index in [9.17, 15) is 28.9 Å². The predicted octanol–water partition coefficient (Wildman–Crippen LogP) is 17.5. The van der Waals surface area contributed by atoms with Crippen molar-refractivity contribution in [3.8, 4) is 0 Å². The van der Waals surface area contributed by atoms with Crippen LogP contribution < -0.4 is 0 Å². The van der Waals surface area contributed by atoms with Crippen molar-refractivity contribution in [1.29, 1.82) is 0 Å². The largest absolute Gasteiger partial charge is 0.472 e. The van der Waals surface area contributed by atoms with Gasteiger partial charge < -0.3 is 24.2 Å². The summed E-state index contributed by atoms with van der Waals surface area (Å²) >= 11 is 0. The lowest BCUT2D eigenvalue weighted by Gasteiger charge is -2.21. The maximum Gasteiger partial charge on any atom is 0.472 e. The molecule has 12 heteroatoms. The van der Waals surface area contributed by atoms with Gasteiger partial charge in [0.05, 0.1) is 19.8 Å². The van der Waals surface area contributed by atoms with E-state index < -0.39 is 57.8 Å². The number of phosphoric acid groups is 1. The fraction of sp³-hybridized carbons (Fsp3) is 0.726. The molecular weight excluding hydrogens is 952 g/mol. The van der Waals surface area contributed by atoms with Gasteiger partial charge >= 0.3 is 25.7 Å².